The molecule has 2 unspecified atom stereocenters. The minimum atomic E-state index is -0.354. The fraction of sp³-hybridized carbons (Fsp3) is 0.211. The fourth-order valence-corrected chi connectivity index (χ4v) is 2.96. The zero-order valence-electron chi connectivity index (χ0n) is 13.1. The number of ether oxygens (including phenoxy) is 1. The molecule has 2 aliphatic rings. The normalized spacial score (nSPS) is 22.4. The number of para-hydroxylation sites is 1. The minimum Gasteiger partial charge on any atom is -0.453 e. The van der Waals surface area contributed by atoms with Gasteiger partial charge in [0.05, 0.1) is 0 Å². The predicted octanol–water partition coefficient (Wildman–Crippen LogP) is 3.27. The van der Waals surface area contributed by atoms with Gasteiger partial charge < -0.3 is 15.0 Å². The standard InChI is InChI=1S/C19H20N2O2/c1-3-8-15-13-21(16-9-5-4-6-10-16)19-17(11-7-12-20-19)18(15)23-14(2)22/h3-7,9-13,18-20H,1,8H2,2H3. The average molecular weight is 308 g/mol. The van der Waals surface area contributed by atoms with Crippen LogP contribution in [-0.2, 0) is 9.53 Å². The zero-order valence-corrected chi connectivity index (χ0v) is 13.1. The number of nitrogens with zero attached hydrogens (tertiary/aromatic N) is 1. The second kappa shape index (κ2) is 6.57. The van der Waals surface area contributed by atoms with Crippen LogP contribution in [0.2, 0.25) is 0 Å². The van der Waals surface area contributed by atoms with Gasteiger partial charge in [-0.15, -0.1) is 6.58 Å². The SMILES string of the molecule is C=CCC1=CN(c2ccccc2)C2NC=CC=C2C1OC(C)=O. The number of nitrogens with one attached hydrogen (secondary N) is 1. The van der Waals surface area contributed by atoms with Gasteiger partial charge in [-0.05, 0) is 36.4 Å². The molecule has 4 nitrogen and oxygen atoms in total. The number of esters is 1. The monoisotopic (exact) mass is 308 g/mol. The Morgan fingerprint density at radius 2 is 2.17 bits per heavy atom. The van der Waals surface area contributed by atoms with Gasteiger partial charge in [-0.25, -0.2) is 0 Å². The lowest BCUT2D eigenvalue weighted by molar-refractivity contribution is -0.143. The maximum absolute atomic E-state index is 11.5. The summed E-state index contributed by atoms with van der Waals surface area (Å²) in [6.07, 6.45) is 9.98. The Morgan fingerprint density at radius 3 is 2.87 bits per heavy atom. The van der Waals surface area contributed by atoms with Crippen molar-refractivity contribution in [2.45, 2.75) is 25.6 Å². The van der Waals surface area contributed by atoms with Crippen molar-refractivity contribution in [2.75, 3.05) is 4.90 Å². The summed E-state index contributed by atoms with van der Waals surface area (Å²) in [5, 5.41) is 3.35. The molecule has 4 heteroatoms. The second-order valence-electron chi connectivity index (χ2n) is 5.52. The van der Waals surface area contributed by atoms with Gasteiger partial charge in [-0.1, -0.05) is 30.4 Å². The van der Waals surface area contributed by atoms with Crippen LogP contribution in [0.1, 0.15) is 13.3 Å². The number of anilines is 1. The van der Waals surface area contributed by atoms with Crippen molar-refractivity contribution in [2.24, 2.45) is 0 Å². The third-order valence-electron chi connectivity index (χ3n) is 3.90. The predicted molar refractivity (Wildman–Crippen MR) is 91.5 cm³/mol. The topological polar surface area (TPSA) is 41.6 Å². The van der Waals surface area contributed by atoms with E-state index in [1.54, 1.807) is 0 Å². The van der Waals surface area contributed by atoms with Gasteiger partial charge in [0.15, 0.2) is 6.10 Å². The number of carbonyl (C=O) groups excluding carboxylic acids is 1. The van der Waals surface area contributed by atoms with Crippen molar-refractivity contribution in [3.05, 3.63) is 78.7 Å². The van der Waals surface area contributed by atoms with Gasteiger partial charge in [0.2, 0.25) is 0 Å². The molecule has 0 amide bonds. The highest BCUT2D eigenvalue weighted by molar-refractivity contribution is 5.68. The number of hydrogen-bond donors (Lipinski definition) is 1. The quantitative estimate of drug-likeness (QED) is 0.685. The molecule has 0 saturated carbocycles. The Hall–Kier alpha value is -2.75. The molecule has 0 saturated heterocycles. The molecule has 0 fully saturated rings. The molecule has 0 aromatic heterocycles. The third kappa shape index (κ3) is 3.06. The highest BCUT2D eigenvalue weighted by Crippen LogP contribution is 2.34. The second-order valence-corrected chi connectivity index (χ2v) is 5.52. The lowest BCUT2D eigenvalue weighted by atomic mass is 9.91. The van der Waals surface area contributed by atoms with E-state index in [1.807, 2.05) is 42.6 Å². The van der Waals surface area contributed by atoms with E-state index in [2.05, 4.69) is 35.1 Å². The Balaban J connectivity index is 2.06. The summed E-state index contributed by atoms with van der Waals surface area (Å²) in [7, 11) is 0. The molecule has 23 heavy (non-hydrogen) atoms. The van der Waals surface area contributed by atoms with E-state index in [1.165, 1.54) is 6.92 Å². The van der Waals surface area contributed by atoms with Crippen LogP contribution in [0.25, 0.3) is 0 Å². The molecule has 2 aliphatic heterocycles. The number of fused-ring (bicyclic) bond motifs is 1. The molecule has 0 radical (unpaired) electrons. The fourth-order valence-electron chi connectivity index (χ4n) is 2.96. The smallest absolute Gasteiger partial charge is 0.303 e. The van der Waals surface area contributed by atoms with E-state index in [0.29, 0.717) is 6.42 Å². The van der Waals surface area contributed by atoms with E-state index in [0.717, 1.165) is 16.8 Å². The Bertz CT molecular complexity index is 689. The molecule has 0 aliphatic carbocycles. The number of carbonyl (C=O) groups is 1. The number of rotatable bonds is 4. The lowest BCUT2D eigenvalue weighted by Crippen LogP contribution is -2.50. The first-order valence-corrected chi connectivity index (χ1v) is 7.65. The number of dihydropyridines is 1. The third-order valence-corrected chi connectivity index (χ3v) is 3.90. The van der Waals surface area contributed by atoms with Crippen LogP contribution in [-0.4, -0.2) is 18.2 Å². The molecule has 118 valence electrons. The molecule has 3 rings (SSSR count). The Morgan fingerprint density at radius 1 is 1.39 bits per heavy atom. The molecule has 1 aromatic carbocycles. The molecule has 1 aromatic rings. The molecule has 2 heterocycles. The highest BCUT2D eigenvalue weighted by atomic mass is 16.5. The van der Waals surface area contributed by atoms with E-state index in [-0.39, 0.29) is 18.2 Å². The number of allylic oxidation sites excluding steroid dienone is 3. The van der Waals surface area contributed by atoms with Gasteiger partial charge in [0.1, 0.15) is 6.17 Å². The van der Waals surface area contributed by atoms with Crippen LogP contribution < -0.4 is 10.2 Å². The highest BCUT2D eigenvalue weighted by Gasteiger charge is 2.36. The molecular weight excluding hydrogens is 288 g/mol. The van der Waals surface area contributed by atoms with E-state index in [4.69, 9.17) is 4.74 Å². The summed E-state index contributed by atoms with van der Waals surface area (Å²) in [4.78, 5) is 13.7. The van der Waals surface area contributed by atoms with E-state index >= 15 is 0 Å². The largest absolute Gasteiger partial charge is 0.453 e. The summed E-state index contributed by atoms with van der Waals surface area (Å²) in [6, 6.07) is 10.1. The van der Waals surface area contributed by atoms with Gasteiger partial charge in [-0.3, -0.25) is 4.79 Å². The number of hydrogen-bond acceptors (Lipinski definition) is 4. The summed E-state index contributed by atoms with van der Waals surface area (Å²) < 4.78 is 5.59. The van der Waals surface area contributed by atoms with Gasteiger partial charge >= 0.3 is 5.97 Å². The van der Waals surface area contributed by atoms with Crippen LogP contribution in [0.4, 0.5) is 5.69 Å². The molecule has 2 atom stereocenters. The van der Waals surface area contributed by atoms with Crippen molar-refractivity contribution in [1.29, 1.82) is 0 Å². The van der Waals surface area contributed by atoms with Crippen molar-refractivity contribution in [3.63, 3.8) is 0 Å². The van der Waals surface area contributed by atoms with Crippen LogP contribution in [0, 0.1) is 0 Å². The van der Waals surface area contributed by atoms with Crippen molar-refractivity contribution in [1.82, 2.24) is 5.32 Å². The van der Waals surface area contributed by atoms with Gasteiger partial charge in [0.25, 0.3) is 0 Å². The van der Waals surface area contributed by atoms with Crippen LogP contribution in [0.3, 0.4) is 0 Å². The summed E-state index contributed by atoms with van der Waals surface area (Å²) in [5.41, 5.74) is 3.11. The molecule has 0 bridgehead atoms. The minimum absolute atomic E-state index is 0.0692. The van der Waals surface area contributed by atoms with Gasteiger partial charge in [-0.2, -0.15) is 0 Å². The first-order valence-electron chi connectivity index (χ1n) is 7.65. The van der Waals surface area contributed by atoms with Crippen LogP contribution in [0.15, 0.2) is 78.7 Å². The summed E-state index contributed by atoms with van der Waals surface area (Å²) in [5.74, 6) is -0.285. The first kappa shape index (κ1) is 15.2. The van der Waals surface area contributed by atoms with E-state index < -0.39 is 0 Å². The molecule has 0 spiro atoms. The maximum Gasteiger partial charge on any atom is 0.303 e. The maximum atomic E-state index is 11.5. The van der Waals surface area contributed by atoms with Gasteiger partial charge in [0, 0.05) is 24.4 Å². The van der Waals surface area contributed by atoms with Crippen molar-refractivity contribution in [3.8, 4) is 0 Å². The van der Waals surface area contributed by atoms with Crippen molar-refractivity contribution < 1.29 is 9.53 Å². The van der Waals surface area contributed by atoms with E-state index in [9.17, 15) is 4.79 Å². The average Bonchev–Trinajstić information content (AvgIpc) is 2.57. The first-order chi connectivity index (χ1) is 11.2. The van der Waals surface area contributed by atoms with Crippen LogP contribution >= 0.6 is 0 Å². The lowest BCUT2D eigenvalue weighted by Gasteiger charge is -2.42. The Kier molecular flexibility index (Phi) is 4.33. The number of benzene rings is 1. The van der Waals surface area contributed by atoms with Crippen LogP contribution in [0.5, 0.6) is 0 Å². The molecular formula is C19H20N2O2. The summed E-state index contributed by atoms with van der Waals surface area (Å²) in [6.45, 7) is 5.26. The Labute approximate surface area is 136 Å². The van der Waals surface area contributed by atoms with Crippen molar-refractivity contribution >= 4 is 11.7 Å². The zero-order chi connectivity index (χ0) is 16.2. The molecule has 1 N–H and O–H groups in total. The summed E-state index contributed by atoms with van der Waals surface area (Å²) >= 11 is 0.